The SMILES string of the molecule is CCCNC(=O)CNS(=O)(=O)c1ccc(CN)s1. The molecule has 0 aliphatic rings. The summed E-state index contributed by atoms with van der Waals surface area (Å²) < 4.78 is 26.1. The molecule has 0 radical (unpaired) electrons. The smallest absolute Gasteiger partial charge is 0.250 e. The van der Waals surface area contributed by atoms with Gasteiger partial charge in [-0.1, -0.05) is 6.92 Å². The first-order valence-corrected chi connectivity index (χ1v) is 7.84. The number of nitrogens with one attached hydrogen (secondary N) is 2. The number of amides is 1. The molecule has 0 aliphatic carbocycles. The van der Waals surface area contributed by atoms with Gasteiger partial charge in [0.25, 0.3) is 10.0 Å². The summed E-state index contributed by atoms with van der Waals surface area (Å²) in [5.74, 6) is -0.337. The molecule has 0 aromatic carbocycles. The summed E-state index contributed by atoms with van der Waals surface area (Å²) in [5, 5.41) is 2.59. The lowest BCUT2D eigenvalue weighted by Crippen LogP contribution is -2.36. The third kappa shape index (κ3) is 4.37. The normalized spacial score (nSPS) is 11.4. The molecule has 0 fully saturated rings. The maximum Gasteiger partial charge on any atom is 0.250 e. The maximum absolute atomic E-state index is 11.8. The lowest BCUT2D eigenvalue weighted by atomic mass is 10.5. The van der Waals surface area contributed by atoms with Crippen LogP contribution in [0.1, 0.15) is 18.2 Å². The van der Waals surface area contributed by atoms with Crippen molar-refractivity contribution < 1.29 is 13.2 Å². The van der Waals surface area contributed by atoms with Crippen LogP contribution in [0, 0.1) is 0 Å². The van der Waals surface area contributed by atoms with Gasteiger partial charge < -0.3 is 11.1 Å². The van der Waals surface area contributed by atoms with E-state index in [4.69, 9.17) is 5.73 Å². The quantitative estimate of drug-likeness (QED) is 0.658. The molecule has 8 heteroatoms. The van der Waals surface area contributed by atoms with Gasteiger partial charge in [-0.05, 0) is 18.6 Å². The van der Waals surface area contributed by atoms with Crippen LogP contribution >= 0.6 is 11.3 Å². The summed E-state index contributed by atoms with van der Waals surface area (Å²) in [6.07, 6.45) is 0.809. The van der Waals surface area contributed by atoms with Crippen molar-refractivity contribution in [3.05, 3.63) is 17.0 Å². The summed E-state index contributed by atoms with van der Waals surface area (Å²) >= 11 is 1.10. The van der Waals surface area contributed by atoms with Crippen LogP contribution in [0.15, 0.2) is 16.3 Å². The Kier molecular flexibility index (Phi) is 5.73. The van der Waals surface area contributed by atoms with Crippen molar-refractivity contribution in [3.63, 3.8) is 0 Å². The topological polar surface area (TPSA) is 101 Å². The average molecular weight is 291 g/mol. The molecule has 0 saturated heterocycles. The van der Waals surface area contributed by atoms with E-state index in [2.05, 4.69) is 10.0 Å². The van der Waals surface area contributed by atoms with E-state index in [1.807, 2.05) is 6.92 Å². The Labute approximate surface area is 111 Å². The first kappa shape index (κ1) is 15.1. The van der Waals surface area contributed by atoms with Gasteiger partial charge in [0.1, 0.15) is 4.21 Å². The number of rotatable bonds is 7. The molecule has 0 aliphatic heterocycles. The van der Waals surface area contributed by atoms with E-state index in [-0.39, 0.29) is 16.7 Å². The van der Waals surface area contributed by atoms with Gasteiger partial charge in [-0.25, -0.2) is 13.1 Å². The highest BCUT2D eigenvalue weighted by Gasteiger charge is 2.17. The molecule has 1 heterocycles. The maximum atomic E-state index is 11.8. The van der Waals surface area contributed by atoms with Crippen molar-refractivity contribution in [2.24, 2.45) is 5.73 Å². The second-order valence-corrected chi connectivity index (χ2v) is 6.76. The third-order valence-corrected chi connectivity index (χ3v) is 5.10. The third-order valence-electron chi connectivity index (χ3n) is 2.10. The Morgan fingerprint density at radius 3 is 2.72 bits per heavy atom. The molecule has 1 amide bonds. The van der Waals surface area contributed by atoms with Crippen molar-refractivity contribution in [1.29, 1.82) is 0 Å². The first-order valence-electron chi connectivity index (χ1n) is 5.54. The van der Waals surface area contributed by atoms with E-state index in [1.165, 1.54) is 6.07 Å². The largest absolute Gasteiger partial charge is 0.355 e. The number of hydrogen-bond acceptors (Lipinski definition) is 5. The molecule has 1 aromatic rings. The van der Waals surface area contributed by atoms with Gasteiger partial charge in [0.2, 0.25) is 5.91 Å². The monoisotopic (exact) mass is 291 g/mol. The van der Waals surface area contributed by atoms with E-state index in [0.717, 1.165) is 22.6 Å². The zero-order chi connectivity index (χ0) is 13.6. The number of carbonyl (C=O) groups excluding carboxylic acids is 1. The number of sulfonamides is 1. The van der Waals surface area contributed by atoms with Crippen molar-refractivity contribution >= 4 is 27.3 Å². The highest BCUT2D eigenvalue weighted by Crippen LogP contribution is 2.20. The minimum Gasteiger partial charge on any atom is -0.355 e. The van der Waals surface area contributed by atoms with E-state index >= 15 is 0 Å². The van der Waals surface area contributed by atoms with Gasteiger partial charge >= 0.3 is 0 Å². The summed E-state index contributed by atoms with van der Waals surface area (Å²) in [5.41, 5.74) is 5.41. The van der Waals surface area contributed by atoms with Gasteiger partial charge in [0.05, 0.1) is 6.54 Å². The van der Waals surface area contributed by atoms with E-state index in [1.54, 1.807) is 6.07 Å². The lowest BCUT2D eigenvalue weighted by molar-refractivity contribution is -0.119. The van der Waals surface area contributed by atoms with Crippen LogP contribution in [0.25, 0.3) is 0 Å². The number of carbonyl (C=O) groups is 1. The zero-order valence-corrected chi connectivity index (χ0v) is 11.7. The van der Waals surface area contributed by atoms with Gasteiger partial charge in [0.15, 0.2) is 0 Å². The molecule has 0 spiro atoms. The Bertz CT molecular complexity index is 496. The van der Waals surface area contributed by atoms with Crippen LogP contribution in [0.4, 0.5) is 0 Å². The molecule has 4 N–H and O–H groups in total. The van der Waals surface area contributed by atoms with Crippen LogP contribution in [-0.4, -0.2) is 27.4 Å². The first-order chi connectivity index (χ1) is 8.49. The molecule has 0 unspecified atom stereocenters. The Hall–Kier alpha value is -0.960. The zero-order valence-electron chi connectivity index (χ0n) is 10.1. The average Bonchev–Trinajstić information content (AvgIpc) is 2.83. The standard InChI is InChI=1S/C10H17N3O3S2/c1-2-5-12-9(14)7-13-18(15,16)10-4-3-8(6-11)17-10/h3-4,13H,2,5-7,11H2,1H3,(H,12,14). The van der Waals surface area contributed by atoms with E-state index < -0.39 is 10.0 Å². The molecule has 102 valence electrons. The molecular formula is C10H17N3O3S2. The van der Waals surface area contributed by atoms with E-state index in [9.17, 15) is 13.2 Å². The molecular weight excluding hydrogens is 274 g/mol. The second-order valence-electron chi connectivity index (χ2n) is 3.60. The molecule has 0 saturated carbocycles. The minimum atomic E-state index is -3.62. The number of hydrogen-bond donors (Lipinski definition) is 3. The van der Waals surface area contributed by atoms with Crippen LogP contribution in [0.5, 0.6) is 0 Å². The highest BCUT2D eigenvalue weighted by molar-refractivity contribution is 7.91. The molecule has 18 heavy (non-hydrogen) atoms. The van der Waals surface area contributed by atoms with Crippen molar-refractivity contribution in [2.45, 2.75) is 24.1 Å². The predicted molar refractivity (Wildman–Crippen MR) is 70.7 cm³/mol. The molecule has 6 nitrogen and oxygen atoms in total. The van der Waals surface area contributed by atoms with Crippen molar-refractivity contribution in [2.75, 3.05) is 13.1 Å². The molecule has 0 atom stereocenters. The molecule has 1 rings (SSSR count). The van der Waals surface area contributed by atoms with E-state index in [0.29, 0.717) is 13.1 Å². The van der Waals surface area contributed by atoms with Crippen LogP contribution in [-0.2, 0) is 21.4 Å². The Balaban J connectivity index is 2.57. The van der Waals surface area contributed by atoms with Gasteiger partial charge in [0, 0.05) is 18.0 Å². The van der Waals surface area contributed by atoms with Gasteiger partial charge in [-0.2, -0.15) is 0 Å². The van der Waals surface area contributed by atoms with Crippen molar-refractivity contribution in [1.82, 2.24) is 10.0 Å². The summed E-state index contributed by atoms with van der Waals surface area (Å²) in [6.45, 7) is 2.51. The van der Waals surface area contributed by atoms with Crippen LogP contribution in [0.3, 0.4) is 0 Å². The van der Waals surface area contributed by atoms with Gasteiger partial charge in [-0.15, -0.1) is 11.3 Å². The van der Waals surface area contributed by atoms with Crippen LogP contribution < -0.4 is 15.8 Å². The predicted octanol–water partition coefficient (Wildman–Crippen LogP) is 0.0113. The Morgan fingerprint density at radius 2 is 2.17 bits per heavy atom. The fourth-order valence-electron chi connectivity index (χ4n) is 1.17. The molecule has 0 bridgehead atoms. The number of thiophene rings is 1. The summed E-state index contributed by atoms with van der Waals surface area (Å²) in [7, 11) is -3.62. The van der Waals surface area contributed by atoms with Gasteiger partial charge in [-0.3, -0.25) is 4.79 Å². The second kappa shape index (κ2) is 6.83. The van der Waals surface area contributed by atoms with Crippen LogP contribution in [0.2, 0.25) is 0 Å². The summed E-state index contributed by atoms with van der Waals surface area (Å²) in [6, 6.07) is 3.15. The fourth-order valence-corrected chi connectivity index (χ4v) is 3.43. The lowest BCUT2D eigenvalue weighted by Gasteiger charge is -2.05. The highest BCUT2D eigenvalue weighted by atomic mass is 32.2. The Morgan fingerprint density at radius 1 is 1.44 bits per heavy atom. The van der Waals surface area contributed by atoms with Crippen molar-refractivity contribution in [3.8, 4) is 0 Å². The summed E-state index contributed by atoms with van der Waals surface area (Å²) in [4.78, 5) is 12.1. The fraction of sp³-hybridized carbons (Fsp3) is 0.500. The minimum absolute atomic E-state index is 0.172. The number of nitrogens with two attached hydrogens (primary N) is 1. The molecule has 1 aromatic heterocycles.